The number of carbonyl (C=O) groups excluding carboxylic acids is 1. The van der Waals surface area contributed by atoms with Gasteiger partial charge in [-0.05, 0) is 42.7 Å². The zero-order valence-corrected chi connectivity index (χ0v) is 15.8. The van der Waals surface area contributed by atoms with Crippen molar-refractivity contribution in [3.05, 3.63) is 57.5 Å². The molecule has 136 valence electrons. The van der Waals surface area contributed by atoms with Crippen LogP contribution in [-0.2, 0) is 6.42 Å². The summed E-state index contributed by atoms with van der Waals surface area (Å²) in [5, 5.41) is 0.520. The van der Waals surface area contributed by atoms with Crippen molar-refractivity contribution >= 4 is 27.5 Å². The van der Waals surface area contributed by atoms with E-state index in [1.54, 1.807) is 24.3 Å². The van der Waals surface area contributed by atoms with E-state index < -0.39 is 0 Å². The number of hydrogen-bond donors (Lipinski definition) is 1. The van der Waals surface area contributed by atoms with Crippen molar-refractivity contribution in [2.75, 3.05) is 12.0 Å². The number of hydrogen-bond acceptors (Lipinski definition) is 5. The third kappa shape index (κ3) is 3.94. The van der Waals surface area contributed by atoms with E-state index in [0.717, 1.165) is 16.0 Å². The fourth-order valence-electron chi connectivity index (χ4n) is 2.37. The molecule has 0 radical (unpaired) electrons. The maximum absolute atomic E-state index is 12.5. The van der Waals surface area contributed by atoms with E-state index in [4.69, 9.17) is 4.74 Å². The van der Waals surface area contributed by atoms with E-state index in [1.807, 2.05) is 13.0 Å². The molecule has 1 aromatic carbocycles. The number of aryl methyl sites for hydroxylation is 1. The maximum Gasteiger partial charge on any atom is 0.280 e. The third-order valence-electron chi connectivity index (χ3n) is 3.77. The van der Waals surface area contributed by atoms with Gasteiger partial charge >= 0.3 is 0 Å². The first-order valence-electron chi connectivity index (χ1n) is 8.52. The normalized spacial score (nSPS) is 11.1. The predicted molar refractivity (Wildman–Crippen MR) is 104 cm³/mol. The zero-order valence-electron chi connectivity index (χ0n) is 15.0. The molecule has 2 heterocycles. The van der Waals surface area contributed by atoms with Gasteiger partial charge in [-0.2, -0.15) is 0 Å². The first-order chi connectivity index (χ1) is 12.5. The Kier molecular flexibility index (Phi) is 5.37. The number of amides is 1. The SMILES string of the molecule is CCc1cc2c(=O)n(NC(=O)c3ccc(OCC(C)C)cc3)cnc2s1. The van der Waals surface area contributed by atoms with Crippen LogP contribution in [0.4, 0.5) is 0 Å². The number of ether oxygens (including phenoxy) is 1. The van der Waals surface area contributed by atoms with Crippen LogP contribution in [0.1, 0.15) is 36.0 Å². The lowest BCUT2D eigenvalue weighted by Gasteiger charge is -2.10. The monoisotopic (exact) mass is 371 g/mol. The van der Waals surface area contributed by atoms with E-state index in [9.17, 15) is 9.59 Å². The van der Waals surface area contributed by atoms with E-state index >= 15 is 0 Å². The number of thiophene rings is 1. The fraction of sp³-hybridized carbons (Fsp3) is 0.316. The molecule has 0 aliphatic heterocycles. The summed E-state index contributed by atoms with van der Waals surface area (Å²) in [7, 11) is 0. The van der Waals surface area contributed by atoms with Crippen LogP contribution in [0.2, 0.25) is 0 Å². The van der Waals surface area contributed by atoms with Crippen LogP contribution in [0.15, 0.2) is 41.5 Å². The molecule has 0 bridgehead atoms. The molecular weight excluding hydrogens is 350 g/mol. The van der Waals surface area contributed by atoms with E-state index in [1.165, 1.54) is 17.7 Å². The highest BCUT2D eigenvalue weighted by atomic mass is 32.1. The molecule has 0 aliphatic carbocycles. The highest BCUT2D eigenvalue weighted by molar-refractivity contribution is 7.18. The van der Waals surface area contributed by atoms with Crippen LogP contribution >= 0.6 is 11.3 Å². The number of carbonyl (C=O) groups is 1. The molecule has 0 saturated heterocycles. The second kappa shape index (κ2) is 7.70. The van der Waals surface area contributed by atoms with Gasteiger partial charge in [0.2, 0.25) is 0 Å². The summed E-state index contributed by atoms with van der Waals surface area (Å²) in [4.78, 5) is 31.0. The van der Waals surface area contributed by atoms with Crippen molar-refractivity contribution in [2.45, 2.75) is 27.2 Å². The van der Waals surface area contributed by atoms with E-state index in [0.29, 0.717) is 34.1 Å². The smallest absolute Gasteiger partial charge is 0.280 e. The number of nitrogens with one attached hydrogen (secondary N) is 1. The van der Waals surface area contributed by atoms with Gasteiger partial charge in [0.1, 0.15) is 16.9 Å². The van der Waals surface area contributed by atoms with Crippen molar-refractivity contribution in [1.82, 2.24) is 9.66 Å². The quantitative estimate of drug-likeness (QED) is 0.720. The van der Waals surface area contributed by atoms with E-state index in [2.05, 4.69) is 24.3 Å². The van der Waals surface area contributed by atoms with Crippen molar-refractivity contribution in [3.8, 4) is 5.75 Å². The molecule has 3 rings (SSSR count). The minimum atomic E-state index is -0.380. The predicted octanol–water partition coefficient (Wildman–Crippen LogP) is 3.44. The van der Waals surface area contributed by atoms with Crippen LogP contribution in [0, 0.1) is 5.92 Å². The number of benzene rings is 1. The Morgan fingerprint density at radius 2 is 2.04 bits per heavy atom. The fourth-order valence-corrected chi connectivity index (χ4v) is 3.29. The van der Waals surface area contributed by atoms with Crippen LogP contribution < -0.4 is 15.7 Å². The van der Waals surface area contributed by atoms with Gasteiger partial charge < -0.3 is 4.74 Å². The number of nitrogens with zero attached hydrogens (tertiary/aromatic N) is 2. The summed E-state index contributed by atoms with van der Waals surface area (Å²) in [6.45, 7) is 6.79. The summed E-state index contributed by atoms with van der Waals surface area (Å²) in [5.74, 6) is 0.757. The van der Waals surface area contributed by atoms with Gasteiger partial charge in [-0.1, -0.05) is 20.8 Å². The highest BCUT2D eigenvalue weighted by Gasteiger charge is 2.11. The molecule has 6 nitrogen and oxygen atoms in total. The molecule has 0 spiro atoms. The van der Waals surface area contributed by atoms with Crippen LogP contribution in [0.5, 0.6) is 5.75 Å². The van der Waals surface area contributed by atoms with Crippen LogP contribution in [-0.4, -0.2) is 22.2 Å². The highest BCUT2D eigenvalue weighted by Crippen LogP contribution is 2.20. The van der Waals surface area contributed by atoms with Gasteiger partial charge in [0.25, 0.3) is 11.5 Å². The van der Waals surface area contributed by atoms with Crippen LogP contribution in [0.25, 0.3) is 10.2 Å². The van der Waals surface area contributed by atoms with Gasteiger partial charge in [-0.3, -0.25) is 15.0 Å². The third-order valence-corrected chi connectivity index (χ3v) is 4.96. The second-order valence-electron chi connectivity index (χ2n) is 6.37. The van der Waals surface area contributed by atoms with Crippen molar-refractivity contribution in [3.63, 3.8) is 0 Å². The lowest BCUT2D eigenvalue weighted by atomic mass is 10.2. The maximum atomic E-state index is 12.5. The second-order valence-corrected chi connectivity index (χ2v) is 7.49. The Balaban J connectivity index is 1.76. The van der Waals surface area contributed by atoms with Crippen LogP contribution in [0.3, 0.4) is 0 Å². The number of fused-ring (bicyclic) bond motifs is 1. The molecule has 0 saturated carbocycles. The zero-order chi connectivity index (χ0) is 18.7. The van der Waals surface area contributed by atoms with Gasteiger partial charge in [-0.25, -0.2) is 9.66 Å². The summed E-state index contributed by atoms with van der Waals surface area (Å²) in [6.07, 6.45) is 2.19. The standard InChI is InChI=1S/C19H21N3O3S/c1-4-15-9-16-18(26-15)20-11-22(19(16)24)21-17(23)13-5-7-14(8-6-13)25-10-12(2)3/h5-9,11-12H,4,10H2,1-3H3,(H,21,23). The average Bonchev–Trinajstić information content (AvgIpc) is 3.07. The lowest BCUT2D eigenvalue weighted by molar-refractivity contribution is 0.101. The Labute approximate surface area is 155 Å². The number of aromatic nitrogens is 2. The van der Waals surface area contributed by atoms with Gasteiger partial charge in [-0.15, -0.1) is 11.3 Å². The molecule has 3 aromatic rings. The molecule has 0 unspecified atom stereocenters. The summed E-state index contributed by atoms with van der Waals surface area (Å²) in [6, 6.07) is 8.66. The topological polar surface area (TPSA) is 73.2 Å². The van der Waals surface area contributed by atoms with Gasteiger partial charge in [0.15, 0.2) is 0 Å². The first-order valence-corrected chi connectivity index (χ1v) is 9.34. The molecule has 2 aromatic heterocycles. The first kappa shape index (κ1) is 18.1. The van der Waals surface area contributed by atoms with Gasteiger partial charge in [0.05, 0.1) is 12.0 Å². The molecule has 1 N–H and O–H groups in total. The summed E-state index contributed by atoms with van der Waals surface area (Å²) in [5.41, 5.74) is 2.74. The van der Waals surface area contributed by atoms with Crippen molar-refractivity contribution in [1.29, 1.82) is 0 Å². The molecule has 0 aliphatic rings. The Hall–Kier alpha value is -2.67. The Morgan fingerprint density at radius 3 is 2.69 bits per heavy atom. The summed E-state index contributed by atoms with van der Waals surface area (Å²) >= 11 is 1.49. The molecular formula is C19H21N3O3S. The Bertz CT molecular complexity index is 974. The average molecular weight is 371 g/mol. The van der Waals surface area contributed by atoms with E-state index in [-0.39, 0.29) is 11.5 Å². The number of rotatable bonds is 6. The van der Waals surface area contributed by atoms with Crippen molar-refractivity contribution in [2.24, 2.45) is 5.92 Å². The largest absolute Gasteiger partial charge is 0.493 e. The lowest BCUT2D eigenvalue weighted by Crippen LogP contribution is -2.32. The minimum Gasteiger partial charge on any atom is -0.493 e. The van der Waals surface area contributed by atoms with Crippen molar-refractivity contribution < 1.29 is 9.53 Å². The molecule has 26 heavy (non-hydrogen) atoms. The molecule has 1 amide bonds. The summed E-state index contributed by atoms with van der Waals surface area (Å²) < 4.78 is 6.73. The minimum absolute atomic E-state index is 0.281. The van der Waals surface area contributed by atoms with Gasteiger partial charge in [0, 0.05) is 10.4 Å². The molecule has 0 fully saturated rings. The molecule has 7 heteroatoms. The Morgan fingerprint density at radius 1 is 1.31 bits per heavy atom. The molecule has 0 atom stereocenters.